The van der Waals surface area contributed by atoms with Crippen LogP contribution < -0.4 is 5.32 Å². The maximum absolute atomic E-state index is 11.0. The molecule has 0 saturated carbocycles. The van der Waals surface area contributed by atoms with Crippen LogP contribution >= 0.6 is 11.8 Å². The molecule has 0 unspecified atom stereocenters. The first kappa shape index (κ1) is 11.3. The minimum Gasteiger partial charge on any atom is -0.367 e. The maximum Gasteiger partial charge on any atom is 0.343 e. The van der Waals surface area contributed by atoms with Crippen LogP contribution in [0.15, 0.2) is 28.9 Å². The van der Waals surface area contributed by atoms with Crippen LogP contribution in [0.2, 0.25) is 0 Å². The zero-order valence-corrected chi connectivity index (χ0v) is 9.56. The number of imidazole rings is 1. The minimum atomic E-state index is -0.517. The van der Waals surface area contributed by atoms with Gasteiger partial charge in [-0.25, -0.2) is 15.0 Å². The molecule has 0 bridgehead atoms. The summed E-state index contributed by atoms with van der Waals surface area (Å²) in [6.45, 7) is 0. The van der Waals surface area contributed by atoms with E-state index in [-0.39, 0.29) is 16.5 Å². The van der Waals surface area contributed by atoms with Gasteiger partial charge in [0, 0.05) is 19.4 Å². The highest BCUT2D eigenvalue weighted by molar-refractivity contribution is 7.99. The van der Waals surface area contributed by atoms with Gasteiger partial charge in [0.1, 0.15) is 6.33 Å². The number of nitrogens with one attached hydrogen (secondary N) is 2. The lowest BCUT2D eigenvalue weighted by molar-refractivity contribution is -0.387. The van der Waals surface area contributed by atoms with Gasteiger partial charge in [-0.2, -0.15) is 0 Å². The highest BCUT2D eigenvalue weighted by atomic mass is 32.2. The van der Waals surface area contributed by atoms with Gasteiger partial charge < -0.3 is 10.3 Å². The molecule has 0 spiro atoms. The van der Waals surface area contributed by atoms with Crippen molar-refractivity contribution in [3.63, 3.8) is 0 Å². The number of aromatic amines is 1. The number of rotatable bonds is 4. The fourth-order valence-corrected chi connectivity index (χ4v) is 1.97. The fraction of sp³-hybridized carbons (Fsp3) is 0.125. The Morgan fingerprint density at radius 1 is 1.47 bits per heavy atom. The van der Waals surface area contributed by atoms with Crippen molar-refractivity contribution in [1.29, 1.82) is 0 Å². The van der Waals surface area contributed by atoms with E-state index >= 15 is 0 Å². The zero-order chi connectivity index (χ0) is 12.3. The van der Waals surface area contributed by atoms with Gasteiger partial charge >= 0.3 is 5.69 Å². The van der Waals surface area contributed by atoms with Gasteiger partial charge in [0.2, 0.25) is 5.82 Å². The molecule has 2 rings (SSSR count). The van der Waals surface area contributed by atoms with Crippen LogP contribution in [0.5, 0.6) is 0 Å². The van der Waals surface area contributed by atoms with E-state index in [9.17, 15) is 10.1 Å². The normalized spacial score (nSPS) is 10.2. The molecule has 0 radical (unpaired) electrons. The minimum absolute atomic E-state index is 0.156. The largest absolute Gasteiger partial charge is 0.367 e. The SMILES string of the molecule is CNc1ncnc(Sc2ncc[nH]2)c1[N+](=O)[O-]. The number of aromatic nitrogens is 4. The molecule has 0 fully saturated rings. The van der Waals surface area contributed by atoms with Crippen LogP contribution in [0, 0.1) is 10.1 Å². The molecular formula is C8H8N6O2S. The average Bonchev–Trinajstić information content (AvgIpc) is 2.81. The third kappa shape index (κ3) is 2.33. The summed E-state index contributed by atoms with van der Waals surface area (Å²) in [6, 6.07) is 0. The van der Waals surface area contributed by atoms with Crippen LogP contribution in [-0.2, 0) is 0 Å². The lowest BCUT2D eigenvalue weighted by atomic mass is 10.5. The molecule has 0 aromatic carbocycles. The summed E-state index contributed by atoms with van der Waals surface area (Å²) < 4.78 is 0. The molecule has 9 heteroatoms. The molecular weight excluding hydrogens is 244 g/mol. The highest BCUT2D eigenvalue weighted by Crippen LogP contribution is 2.34. The lowest BCUT2D eigenvalue weighted by Crippen LogP contribution is -2.02. The van der Waals surface area contributed by atoms with Gasteiger partial charge in [-0.3, -0.25) is 10.1 Å². The molecule has 0 atom stereocenters. The van der Waals surface area contributed by atoms with Crippen LogP contribution in [0.3, 0.4) is 0 Å². The molecule has 2 aromatic rings. The number of hydrogen-bond acceptors (Lipinski definition) is 7. The van der Waals surface area contributed by atoms with Crippen molar-refractivity contribution in [3.8, 4) is 0 Å². The molecule has 8 nitrogen and oxygen atoms in total. The van der Waals surface area contributed by atoms with E-state index in [1.165, 1.54) is 6.33 Å². The predicted molar refractivity (Wildman–Crippen MR) is 60.9 cm³/mol. The number of nitro groups is 1. The molecule has 0 amide bonds. The van der Waals surface area contributed by atoms with Crippen molar-refractivity contribution < 1.29 is 4.92 Å². The second kappa shape index (κ2) is 4.78. The Morgan fingerprint density at radius 3 is 2.88 bits per heavy atom. The molecule has 0 aliphatic rings. The van der Waals surface area contributed by atoms with Gasteiger partial charge in [0.25, 0.3) is 0 Å². The van der Waals surface area contributed by atoms with Crippen molar-refractivity contribution in [2.75, 3.05) is 12.4 Å². The average molecular weight is 252 g/mol. The number of H-pyrrole nitrogens is 1. The molecule has 2 N–H and O–H groups in total. The Balaban J connectivity index is 2.42. The summed E-state index contributed by atoms with van der Waals surface area (Å²) in [5.74, 6) is 0.180. The Kier molecular flexibility index (Phi) is 3.19. The van der Waals surface area contributed by atoms with E-state index in [2.05, 4.69) is 25.3 Å². The zero-order valence-electron chi connectivity index (χ0n) is 8.75. The van der Waals surface area contributed by atoms with Crippen molar-refractivity contribution in [2.45, 2.75) is 10.2 Å². The summed E-state index contributed by atoms with van der Waals surface area (Å²) in [4.78, 5) is 25.0. The smallest absolute Gasteiger partial charge is 0.343 e. The Bertz CT molecular complexity index is 529. The van der Waals surface area contributed by atoms with E-state index in [0.29, 0.717) is 5.16 Å². The van der Waals surface area contributed by atoms with Gasteiger partial charge in [-0.15, -0.1) is 0 Å². The van der Waals surface area contributed by atoms with Crippen LogP contribution in [0.1, 0.15) is 0 Å². The maximum atomic E-state index is 11.0. The van der Waals surface area contributed by atoms with Crippen LogP contribution in [0.25, 0.3) is 0 Å². The summed E-state index contributed by atoms with van der Waals surface area (Å²) in [5, 5.41) is 14.4. The predicted octanol–water partition coefficient (Wildman–Crippen LogP) is 1.30. The number of anilines is 1. The van der Waals surface area contributed by atoms with Crippen molar-refractivity contribution >= 4 is 23.3 Å². The summed E-state index contributed by atoms with van der Waals surface area (Å²) in [7, 11) is 1.57. The highest BCUT2D eigenvalue weighted by Gasteiger charge is 2.23. The Morgan fingerprint density at radius 2 is 2.29 bits per heavy atom. The molecule has 0 saturated heterocycles. The summed E-state index contributed by atoms with van der Waals surface area (Å²) >= 11 is 1.08. The quantitative estimate of drug-likeness (QED) is 0.479. The van der Waals surface area contributed by atoms with Gasteiger partial charge in [-0.1, -0.05) is 0 Å². The monoisotopic (exact) mass is 252 g/mol. The first-order valence-corrected chi connectivity index (χ1v) is 5.38. The van der Waals surface area contributed by atoms with Crippen LogP contribution in [-0.4, -0.2) is 31.9 Å². The van der Waals surface area contributed by atoms with E-state index < -0.39 is 4.92 Å². The number of nitrogens with zero attached hydrogens (tertiary/aromatic N) is 4. The van der Waals surface area contributed by atoms with Gasteiger partial charge in [0.05, 0.1) is 4.92 Å². The first-order chi connectivity index (χ1) is 8.22. The number of hydrogen-bond donors (Lipinski definition) is 2. The molecule has 0 aliphatic heterocycles. The summed E-state index contributed by atoms with van der Waals surface area (Å²) in [5.41, 5.74) is -0.156. The third-order valence-electron chi connectivity index (χ3n) is 1.87. The molecule has 2 heterocycles. The van der Waals surface area contributed by atoms with Crippen molar-refractivity contribution in [1.82, 2.24) is 19.9 Å². The molecule has 17 heavy (non-hydrogen) atoms. The van der Waals surface area contributed by atoms with Crippen LogP contribution in [0.4, 0.5) is 11.5 Å². The lowest BCUT2D eigenvalue weighted by Gasteiger charge is -2.03. The third-order valence-corrected chi connectivity index (χ3v) is 2.78. The Hall–Kier alpha value is -2.16. The van der Waals surface area contributed by atoms with E-state index in [1.807, 2.05) is 0 Å². The topological polar surface area (TPSA) is 110 Å². The molecule has 88 valence electrons. The standard InChI is InChI=1S/C8H8N6O2S/c1-9-6-5(14(15)16)7(13-4-12-6)17-8-10-2-3-11-8/h2-4H,1H3,(H,10,11)(H,9,12,13). The summed E-state index contributed by atoms with van der Waals surface area (Å²) in [6.07, 6.45) is 4.47. The molecule has 2 aromatic heterocycles. The van der Waals surface area contributed by atoms with E-state index in [0.717, 1.165) is 11.8 Å². The fourth-order valence-electron chi connectivity index (χ4n) is 1.18. The first-order valence-electron chi connectivity index (χ1n) is 4.56. The second-order valence-electron chi connectivity index (χ2n) is 2.88. The second-order valence-corrected chi connectivity index (χ2v) is 3.86. The molecule has 0 aliphatic carbocycles. The van der Waals surface area contributed by atoms with Gasteiger partial charge in [0.15, 0.2) is 10.2 Å². The van der Waals surface area contributed by atoms with Crippen molar-refractivity contribution in [2.24, 2.45) is 0 Å². The van der Waals surface area contributed by atoms with E-state index in [1.54, 1.807) is 19.4 Å². The van der Waals surface area contributed by atoms with E-state index in [4.69, 9.17) is 0 Å². The van der Waals surface area contributed by atoms with Gasteiger partial charge in [-0.05, 0) is 11.8 Å². The van der Waals surface area contributed by atoms with Crippen molar-refractivity contribution in [3.05, 3.63) is 28.8 Å². The Labute approximate surface area is 100 Å².